The van der Waals surface area contributed by atoms with Gasteiger partial charge >= 0.3 is 0 Å². The van der Waals surface area contributed by atoms with Gasteiger partial charge in [-0.1, -0.05) is 41.0 Å². The third-order valence-corrected chi connectivity index (χ3v) is 2.60. The van der Waals surface area contributed by atoms with Gasteiger partial charge in [0.2, 0.25) is 0 Å². The van der Waals surface area contributed by atoms with E-state index in [1.54, 1.807) is 0 Å². The third-order valence-electron chi connectivity index (χ3n) is 2.60. The van der Waals surface area contributed by atoms with Crippen molar-refractivity contribution in [2.24, 2.45) is 17.6 Å². The monoisotopic (exact) mass is 203 g/mol. The second-order valence-electron chi connectivity index (χ2n) is 3.55. The Bertz CT molecular complexity index is 96.3. The zero-order valence-corrected chi connectivity index (χ0v) is 10.7. The van der Waals surface area contributed by atoms with Gasteiger partial charge in [-0.3, -0.25) is 0 Å². The van der Waals surface area contributed by atoms with Crippen LogP contribution in [0.25, 0.3) is 0 Å². The Labute approximate surface area is 90.2 Å². The van der Waals surface area contributed by atoms with E-state index in [-0.39, 0.29) is 0 Å². The molecule has 0 aliphatic rings. The maximum atomic E-state index is 5.32. The molecule has 0 radical (unpaired) electrons. The van der Waals surface area contributed by atoms with Gasteiger partial charge in [0.15, 0.2) is 0 Å². The van der Waals surface area contributed by atoms with E-state index in [4.69, 9.17) is 10.5 Å². The third kappa shape index (κ3) is 10.0. The summed E-state index contributed by atoms with van der Waals surface area (Å²) in [6.45, 7) is 13.0. The van der Waals surface area contributed by atoms with E-state index in [9.17, 15) is 0 Å². The molecule has 0 saturated carbocycles. The minimum absolute atomic E-state index is 0.637. The molecule has 2 unspecified atom stereocenters. The Kier molecular flexibility index (Phi) is 15.1. The summed E-state index contributed by atoms with van der Waals surface area (Å²) >= 11 is 0. The van der Waals surface area contributed by atoms with Crippen LogP contribution in [0.5, 0.6) is 0 Å². The number of ether oxygens (including phenoxy) is 1. The highest BCUT2D eigenvalue weighted by atomic mass is 16.5. The molecule has 0 spiro atoms. The van der Waals surface area contributed by atoms with Gasteiger partial charge in [0.1, 0.15) is 0 Å². The molecule has 0 aromatic rings. The van der Waals surface area contributed by atoms with Crippen molar-refractivity contribution in [2.75, 3.05) is 19.8 Å². The molecule has 2 atom stereocenters. The van der Waals surface area contributed by atoms with Crippen LogP contribution in [0.15, 0.2) is 0 Å². The molecule has 0 heterocycles. The molecule has 0 rings (SSSR count). The summed E-state index contributed by atoms with van der Waals surface area (Å²) in [6.07, 6.45) is 2.42. The lowest BCUT2D eigenvalue weighted by Gasteiger charge is -2.17. The Morgan fingerprint density at radius 2 is 1.64 bits per heavy atom. The van der Waals surface area contributed by atoms with Crippen LogP contribution in [0, 0.1) is 11.8 Å². The van der Waals surface area contributed by atoms with Crippen molar-refractivity contribution in [3.63, 3.8) is 0 Å². The average molecular weight is 203 g/mol. The van der Waals surface area contributed by atoms with Crippen molar-refractivity contribution in [1.29, 1.82) is 0 Å². The summed E-state index contributed by atoms with van der Waals surface area (Å²) in [5.41, 5.74) is 5.31. The highest BCUT2D eigenvalue weighted by Crippen LogP contribution is 2.17. The first-order chi connectivity index (χ1) is 6.72. The molecule has 0 aromatic carbocycles. The van der Waals surface area contributed by atoms with Crippen molar-refractivity contribution in [3.05, 3.63) is 0 Å². The normalized spacial score (nSPS) is 14.1. The van der Waals surface area contributed by atoms with Crippen LogP contribution in [-0.2, 0) is 4.74 Å². The summed E-state index contributed by atoms with van der Waals surface area (Å²) in [5, 5.41) is 0. The van der Waals surface area contributed by atoms with Crippen LogP contribution in [0.1, 0.15) is 47.5 Å². The number of hydrogen-bond donors (Lipinski definition) is 1. The molecule has 2 N–H and O–H groups in total. The van der Waals surface area contributed by atoms with Crippen LogP contribution in [0.3, 0.4) is 0 Å². The minimum Gasteiger partial charge on any atom is -0.380 e. The smallest absolute Gasteiger partial charge is 0.0588 e. The molecule has 0 amide bonds. The lowest BCUT2D eigenvalue weighted by Crippen LogP contribution is -2.13. The Morgan fingerprint density at radius 1 is 1.07 bits per heavy atom. The predicted octanol–water partition coefficient (Wildman–Crippen LogP) is 3.06. The van der Waals surface area contributed by atoms with Gasteiger partial charge in [0.25, 0.3) is 0 Å². The predicted molar refractivity (Wildman–Crippen MR) is 64.5 cm³/mol. The lowest BCUT2D eigenvalue weighted by molar-refractivity contribution is 0.120. The molecule has 88 valence electrons. The van der Waals surface area contributed by atoms with E-state index >= 15 is 0 Å². The summed E-state index contributed by atoms with van der Waals surface area (Å²) in [5.74, 6) is 1.58. The van der Waals surface area contributed by atoms with Gasteiger partial charge in [0.05, 0.1) is 6.61 Å². The molecular weight excluding hydrogens is 174 g/mol. The second-order valence-corrected chi connectivity index (χ2v) is 3.55. The second kappa shape index (κ2) is 12.9. The van der Waals surface area contributed by atoms with E-state index in [0.717, 1.165) is 24.9 Å². The first kappa shape index (κ1) is 16.4. The van der Waals surface area contributed by atoms with E-state index in [1.807, 2.05) is 13.8 Å². The highest BCUT2D eigenvalue weighted by Gasteiger charge is 2.08. The SMILES string of the molecule is CC.CCC(C)C(C)CCOCCN. The number of nitrogens with two attached hydrogens (primary N) is 1. The number of hydrogen-bond acceptors (Lipinski definition) is 2. The molecule has 2 nitrogen and oxygen atoms in total. The molecule has 0 fully saturated rings. The van der Waals surface area contributed by atoms with Crippen molar-refractivity contribution < 1.29 is 4.74 Å². The summed E-state index contributed by atoms with van der Waals surface area (Å²) in [6, 6.07) is 0. The molecule has 0 saturated heterocycles. The van der Waals surface area contributed by atoms with Gasteiger partial charge in [-0.05, 0) is 18.3 Å². The first-order valence-corrected chi connectivity index (χ1v) is 6.00. The van der Waals surface area contributed by atoms with Crippen LogP contribution in [-0.4, -0.2) is 19.8 Å². The largest absolute Gasteiger partial charge is 0.380 e. The van der Waals surface area contributed by atoms with Crippen molar-refractivity contribution in [3.8, 4) is 0 Å². The molecular formula is C12H29NO. The molecule has 0 aromatic heterocycles. The Hall–Kier alpha value is -0.0800. The fourth-order valence-corrected chi connectivity index (χ4v) is 1.14. The lowest BCUT2D eigenvalue weighted by atomic mass is 9.91. The van der Waals surface area contributed by atoms with E-state index in [1.165, 1.54) is 6.42 Å². The van der Waals surface area contributed by atoms with E-state index < -0.39 is 0 Å². The summed E-state index contributed by atoms with van der Waals surface area (Å²) in [4.78, 5) is 0. The highest BCUT2D eigenvalue weighted by molar-refractivity contribution is 4.59. The molecule has 2 heteroatoms. The molecule has 0 aliphatic carbocycles. The topological polar surface area (TPSA) is 35.2 Å². The molecule has 0 aliphatic heterocycles. The average Bonchev–Trinajstić information content (AvgIpc) is 2.25. The quantitative estimate of drug-likeness (QED) is 0.645. The molecule has 14 heavy (non-hydrogen) atoms. The van der Waals surface area contributed by atoms with E-state index in [0.29, 0.717) is 13.2 Å². The standard InChI is InChI=1S/C10H23NO.C2H6/c1-4-9(2)10(3)5-7-12-8-6-11;1-2/h9-10H,4-8,11H2,1-3H3;1-2H3. The minimum atomic E-state index is 0.637. The zero-order chi connectivity index (χ0) is 11.4. The van der Waals surface area contributed by atoms with Crippen LogP contribution < -0.4 is 5.73 Å². The Morgan fingerprint density at radius 3 is 2.07 bits per heavy atom. The fourth-order valence-electron chi connectivity index (χ4n) is 1.14. The maximum absolute atomic E-state index is 5.32. The van der Waals surface area contributed by atoms with Crippen LogP contribution in [0.2, 0.25) is 0 Å². The van der Waals surface area contributed by atoms with Gasteiger partial charge < -0.3 is 10.5 Å². The van der Waals surface area contributed by atoms with Crippen molar-refractivity contribution in [2.45, 2.75) is 47.5 Å². The van der Waals surface area contributed by atoms with Gasteiger partial charge in [0, 0.05) is 13.2 Å². The summed E-state index contributed by atoms with van der Waals surface area (Å²) in [7, 11) is 0. The van der Waals surface area contributed by atoms with Crippen LogP contribution in [0.4, 0.5) is 0 Å². The zero-order valence-electron chi connectivity index (χ0n) is 10.7. The Balaban J connectivity index is 0. The first-order valence-electron chi connectivity index (χ1n) is 6.00. The van der Waals surface area contributed by atoms with Crippen molar-refractivity contribution >= 4 is 0 Å². The summed E-state index contributed by atoms with van der Waals surface area (Å²) < 4.78 is 5.32. The van der Waals surface area contributed by atoms with E-state index in [2.05, 4.69) is 20.8 Å². The van der Waals surface area contributed by atoms with Crippen LogP contribution >= 0.6 is 0 Å². The number of rotatable bonds is 7. The van der Waals surface area contributed by atoms with Gasteiger partial charge in [-0.2, -0.15) is 0 Å². The maximum Gasteiger partial charge on any atom is 0.0588 e. The van der Waals surface area contributed by atoms with Gasteiger partial charge in [-0.15, -0.1) is 0 Å². The van der Waals surface area contributed by atoms with Gasteiger partial charge in [-0.25, -0.2) is 0 Å². The fraction of sp³-hybridized carbons (Fsp3) is 1.00. The van der Waals surface area contributed by atoms with Crippen molar-refractivity contribution in [1.82, 2.24) is 0 Å². The molecule has 0 bridgehead atoms.